The standard InChI is InChI=1S/C14H20N2S/c1-14(2)9-3-4-12(14)16-11-7-5-10(6-8-11)13(15)17/h5-8,12,16H,3-4,9H2,1-2H3,(H2,15,17). The third-order valence-electron chi connectivity index (χ3n) is 3.77. The van der Waals surface area contributed by atoms with Gasteiger partial charge in [-0.05, 0) is 42.5 Å². The molecule has 0 bridgehead atoms. The molecule has 1 unspecified atom stereocenters. The Bertz CT molecular complexity index is 409. The number of anilines is 1. The van der Waals surface area contributed by atoms with Crippen molar-refractivity contribution in [1.29, 1.82) is 0 Å². The molecule has 0 amide bonds. The summed E-state index contributed by atoms with van der Waals surface area (Å²) < 4.78 is 0. The molecule has 0 heterocycles. The molecule has 3 heteroatoms. The van der Waals surface area contributed by atoms with Crippen LogP contribution in [0.5, 0.6) is 0 Å². The number of hydrogen-bond acceptors (Lipinski definition) is 2. The van der Waals surface area contributed by atoms with E-state index in [1.807, 2.05) is 12.1 Å². The number of nitrogens with two attached hydrogens (primary N) is 1. The monoisotopic (exact) mass is 248 g/mol. The Labute approximate surface area is 109 Å². The molecule has 1 atom stereocenters. The first-order valence-corrected chi connectivity index (χ1v) is 6.56. The molecule has 92 valence electrons. The quantitative estimate of drug-likeness (QED) is 0.806. The summed E-state index contributed by atoms with van der Waals surface area (Å²) in [5.41, 5.74) is 8.06. The van der Waals surface area contributed by atoms with Gasteiger partial charge < -0.3 is 11.1 Å². The van der Waals surface area contributed by atoms with Crippen LogP contribution in [0.1, 0.15) is 38.7 Å². The van der Waals surface area contributed by atoms with Crippen molar-refractivity contribution in [2.75, 3.05) is 5.32 Å². The molecule has 0 radical (unpaired) electrons. The summed E-state index contributed by atoms with van der Waals surface area (Å²) in [6.45, 7) is 4.67. The molecule has 0 saturated heterocycles. The summed E-state index contributed by atoms with van der Waals surface area (Å²) >= 11 is 4.94. The first-order valence-electron chi connectivity index (χ1n) is 6.15. The van der Waals surface area contributed by atoms with Crippen molar-refractivity contribution >= 4 is 22.9 Å². The molecule has 1 saturated carbocycles. The van der Waals surface area contributed by atoms with Gasteiger partial charge in [-0.3, -0.25) is 0 Å². The highest BCUT2D eigenvalue weighted by Gasteiger charge is 2.34. The molecule has 0 aliphatic heterocycles. The lowest BCUT2D eigenvalue weighted by Gasteiger charge is -2.28. The number of thiocarbonyl (C=S) groups is 1. The Morgan fingerprint density at radius 2 is 2.00 bits per heavy atom. The van der Waals surface area contributed by atoms with E-state index in [4.69, 9.17) is 18.0 Å². The molecule has 1 aliphatic rings. The van der Waals surface area contributed by atoms with Crippen LogP contribution in [0.3, 0.4) is 0 Å². The Morgan fingerprint density at radius 3 is 2.47 bits per heavy atom. The normalized spacial score (nSPS) is 22.4. The smallest absolute Gasteiger partial charge is 0.103 e. The van der Waals surface area contributed by atoms with E-state index >= 15 is 0 Å². The van der Waals surface area contributed by atoms with Crippen LogP contribution in [0.25, 0.3) is 0 Å². The molecule has 17 heavy (non-hydrogen) atoms. The predicted octanol–water partition coefficient (Wildman–Crippen LogP) is 3.31. The van der Waals surface area contributed by atoms with Crippen molar-refractivity contribution in [3.05, 3.63) is 29.8 Å². The molecule has 1 aromatic carbocycles. The second kappa shape index (κ2) is 4.65. The summed E-state index contributed by atoms with van der Waals surface area (Å²) in [4.78, 5) is 0.456. The van der Waals surface area contributed by atoms with E-state index in [1.165, 1.54) is 19.3 Å². The van der Waals surface area contributed by atoms with Gasteiger partial charge in [0, 0.05) is 17.3 Å². The van der Waals surface area contributed by atoms with Gasteiger partial charge in [0.15, 0.2) is 0 Å². The van der Waals surface area contributed by atoms with E-state index in [-0.39, 0.29) is 0 Å². The second-order valence-electron chi connectivity index (χ2n) is 5.52. The Hall–Kier alpha value is -1.09. The van der Waals surface area contributed by atoms with Gasteiger partial charge in [-0.1, -0.05) is 32.5 Å². The van der Waals surface area contributed by atoms with Gasteiger partial charge in [0.1, 0.15) is 4.99 Å². The molecular weight excluding hydrogens is 228 g/mol. The number of benzene rings is 1. The fourth-order valence-corrected chi connectivity index (χ4v) is 2.66. The summed E-state index contributed by atoms with van der Waals surface area (Å²) in [6.07, 6.45) is 3.87. The molecule has 1 aromatic rings. The molecule has 0 spiro atoms. The lowest BCUT2D eigenvalue weighted by atomic mass is 9.87. The molecule has 0 aromatic heterocycles. The van der Waals surface area contributed by atoms with Gasteiger partial charge in [0.2, 0.25) is 0 Å². The zero-order valence-corrected chi connectivity index (χ0v) is 11.3. The fourth-order valence-electron chi connectivity index (χ4n) is 2.53. The summed E-state index contributed by atoms with van der Waals surface area (Å²) in [5, 5.41) is 3.61. The number of hydrogen-bond donors (Lipinski definition) is 2. The summed E-state index contributed by atoms with van der Waals surface area (Å²) in [6, 6.07) is 8.64. The van der Waals surface area contributed by atoms with Gasteiger partial charge in [0.05, 0.1) is 0 Å². The largest absolute Gasteiger partial charge is 0.389 e. The van der Waals surface area contributed by atoms with E-state index in [2.05, 4.69) is 31.3 Å². The minimum Gasteiger partial charge on any atom is -0.389 e. The Balaban J connectivity index is 2.06. The van der Waals surface area contributed by atoms with Crippen molar-refractivity contribution in [3.63, 3.8) is 0 Å². The van der Waals surface area contributed by atoms with Gasteiger partial charge in [-0.25, -0.2) is 0 Å². The van der Waals surface area contributed by atoms with E-state index in [1.54, 1.807) is 0 Å². The van der Waals surface area contributed by atoms with Crippen molar-refractivity contribution in [2.45, 2.75) is 39.2 Å². The third kappa shape index (κ3) is 2.78. The van der Waals surface area contributed by atoms with Gasteiger partial charge >= 0.3 is 0 Å². The molecule has 2 nitrogen and oxygen atoms in total. The lowest BCUT2D eigenvalue weighted by molar-refractivity contribution is 0.350. The van der Waals surface area contributed by atoms with Crippen LogP contribution >= 0.6 is 12.2 Å². The van der Waals surface area contributed by atoms with Crippen LogP contribution in [0.2, 0.25) is 0 Å². The van der Waals surface area contributed by atoms with Gasteiger partial charge in [0.25, 0.3) is 0 Å². The van der Waals surface area contributed by atoms with Crippen LogP contribution in [0.15, 0.2) is 24.3 Å². The van der Waals surface area contributed by atoms with Crippen LogP contribution in [0, 0.1) is 5.41 Å². The van der Waals surface area contributed by atoms with Crippen molar-refractivity contribution in [1.82, 2.24) is 0 Å². The minimum atomic E-state index is 0.391. The lowest BCUT2D eigenvalue weighted by Crippen LogP contribution is -2.30. The molecular formula is C14H20N2S. The first-order chi connectivity index (χ1) is 7.99. The van der Waals surface area contributed by atoms with E-state index < -0.39 is 0 Å². The van der Waals surface area contributed by atoms with Crippen molar-refractivity contribution in [2.24, 2.45) is 11.1 Å². The van der Waals surface area contributed by atoms with Crippen LogP contribution < -0.4 is 11.1 Å². The van der Waals surface area contributed by atoms with Crippen LogP contribution in [-0.4, -0.2) is 11.0 Å². The van der Waals surface area contributed by atoms with Crippen molar-refractivity contribution < 1.29 is 0 Å². The van der Waals surface area contributed by atoms with Crippen LogP contribution in [-0.2, 0) is 0 Å². The predicted molar refractivity (Wildman–Crippen MR) is 77.4 cm³/mol. The highest BCUT2D eigenvalue weighted by molar-refractivity contribution is 7.80. The molecule has 1 aliphatic carbocycles. The van der Waals surface area contributed by atoms with E-state index in [0.717, 1.165) is 11.3 Å². The summed E-state index contributed by atoms with van der Waals surface area (Å²) in [5.74, 6) is 0. The Morgan fingerprint density at radius 1 is 1.35 bits per heavy atom. The zero-order valence-electron chi connectivity index (χ0n) is 10.5. The average molecular weight is 248 g/mol. The van der Waals surface area contributed by atoms with Gasteiger partial charge in [-0.2, -0.15) is 0 Å². The molecule has 1 fully saturated rings. The maximum atomic E-state index is 5.58. The van der Waals surface area contributed by atoms with E-state index in [9.17, 15) is 0 Å². The van der Waals surface area contributed by atoms with E-state index in [0.29, 0.717) is 16.4 Å². The SMILES string of the molecule is CC1(C)CCCC1Nc1ccc(C(N)=S)cc1. The first kappa shape index (κ1) is 12.4. The minimum absolute atomic E-state index is 0.391. The third-order valence-corrected chi connectivity index (χ3v) is 4.00. The highest BCUT2D eigenvalue weighted by atomic mass is 32.1. The van der Waals surface area contributed by atoms with Crippen LogP contribution in [0.4, 0.5) is 5.69 Å². The number of rotatable bonds is 3. The Kier molecular flexibility index (Phi) is 3.38. The maximum Gasteiger partial charge on any atom is 0.103 e. The maximum absolute atomic E-state index is 5.58. The molecule has 2 rings (SSSR count). The van der Waals surface area contributed by atoms with Gasteiger partial charge in [-0.15, -0.1) is 0 Å². The van der Waals surface area contributed by atoms with Crippen molar-refractivity contribution in [3.8, 4) is 0 Å². The zero-order chi connectivity index (χ0) is 12.5. The average Bonchev–Trinajstić information content (AvgIpc) is 2.59. The fraction of sp³-hybridized carbons (Fsp3) is 0.500. The second-order valence-corrected chi connectivity index (χ2v) is 5.96. The molecule has 3 N–H and O–H groups in total. The number of nitrogens with one attached hydrogen (secondary N) is 1. The summed E-state index contributed by atoms with van der Waals surface area (Å²) in [7, 11) is 0. The highest BCUT2D eigenvalue weighted by Crippen LogP contribution is 2.38. The topological polar surface area (TPSA) is 38.0 Å².